The highest BCUT2D eigenvalue weighted by molar-refractivity contribution is 7.91. The monoisotopic (exact) mass is 505 g/mol. The predicted octanol–water partition coefficient (Wildman–Crippen LogP) is 3.96. The maximum Gasteiger partial charge on any atom is 0.414 e. The van der Waals surface area contributed by atoms with E-state index in [1.807, 2.05) is 19.1 Å². The molecule has 1 fully saturated rings. The van der Waals surface area contributed by atoms with Gasteiger partial charge in [-0.3, -0.25) is 9.58 Å². The minimum absolute atomic E-state index is 0.0161. The van der Waals surface area contributed by atoms with Crippen LogP contribution in [-0.2, 0) is 27.5 Å². The van der Waals surface area contributed by atoms with E-state index < -0.39 is 15.9 Å². The number of fused-ring (bicyclic) bond motifs is 3. The molecule has 0 N–H and O–H groups in total. The molecule has 34 heavy (non-hydrogen) atoms. The van der Waals surface area contributed by atoms with Gasteiger partial charge >= 0.3 is 6.09 Å². The van der Waals surface area contributed by atoms with Crippen LogP contribution in [0.4, 0.5) is 10.5 Å². The molecule has 9 nitrogen and oxygen atoms in total. The number of benzene rings is 1. The molecular formula is C23H28ClN5O4S. The van der Waals surface area contributed by atoms with E-state index in [2.05, 4.69) is 16.6 Å². The van der Waals surface area contributed by atoms with Gasteiger partial charge in [0.25, 0.3) is 0 Å². The van der Waals surface area contributed by atoms with Crippen molar-refractivity contribution >= 4 is 44.3 Å². The number of imidazole rings is 1. The minimum Gasteiger partial charge on any atom is -0.452 e. The fourth-order valence-electron chi connectivity index (χ4n) is 5.30. The first-order chi connectivity index (χ1) is 16.2. The first-order valence-corrected chi connectivity index (χ1v) is 13.7. The molecule has 0 aliphatic carbocycles. The molecule has 0 radical (unpaired) electrons. The Hall–Kier alpha value is -2.59. The number of ether oxygens (including phenoxy) is 1. The number of hydrogen-bond donors (Lipinski definition) is 0. The van der Waals surface area contributed by atoms with Gasteiger partial charge in [0.1, 0.15) is 5.82 Å². The number of aryl methyl sites for hydroxylation is 1. The molecule has 11 heteroatoms. The van der Waals surface area contributed by atoms with Gasteiger partial charge in [-0.2, -0.15) is 5.10 Å². The van der Waals surface area contributed by atoms with Gasteiger partial charge in [-0.1, -0.05) is 18.5 Å². The van der Waals surface area contributed by atoms with Gasteiger partial charge in [0.15, 0.2) is 9.84 Å². The lowest BCUT2D eigenvalue weighted by atomic mass is 9.95. The number of sulfone groups is 1. The SMILES string of the molecule is COC(=O)N1c2ccc3c(nc([C@@H](C)Cn4cc(Cl)cn4)n3[C@@H]3CCS(=O)(=O)C3)c2CC[C@@H]1C. The average Bonchev–Trinajstić information content (AvgIpc) is 3.48. The van der Waals surface area contributed by atoms with Crippen LogP contribution < -0.4 is 4.90 Å². The standard InChI is InChI=1S/C23H28ClN5O4S/c1-14(11-27-12-16(24)10-25-27)22-26-21-18-5-4-15(2)28(23(30)33-3)19(18)6-7-20(21)29(22)17-8-9-34(31,32)13-17/h6-7,10,12,14-15,17H,4-5,8-9,11,13H2,1-3H3/t14-,15-,17+/m0/s1. The van der Waals surface area contributed by atoms with Crippen LogP contribution in [-0.4, -0.2) is 58.5 Å². The van der Waals surface area contributed by atoms with E-state index in [9.17, 15) is 13.2 Å². The molecule has 3 atom stereocenters. The lowest BCUT2D eigenvalue weighted by molar-refractivity contribution is 0.175. The summed E-state index contributed by atoms with van der Waals surface area (Å²) in [6.07, 6.45) is 5.11. The van der Waals surface area contributed by atoms with Crippen molar-refractivity contribution in [2.24, 2.45) is 0 Å². The molecule has 0 unspecified atom stereocenters. The number of amides is 1. The van der Waals surface area contributed by atoms with Crippen molar-refractivity contribution in [1.29, 1.82) is 0 Å². The molecule has 182 valence electrons. The fourth-order valence-corrected chi connectivity index (χ4v) is 7.16. The summed E-state index contributed by atoms with van der Waals surface area (Å²) in [4.78, 5) is 19.3. The Morgan fingerprint density at radius 1 is 1.32 bits per heavy atom. The Kier molecular flexibility index (Phi) is 5.84. The molecule has 1 saturated heterocycles. The van der Waals surface area contributed by atoms with Crippen LogP contribution >= 0.6 is 11.6 Å². The third kappa shape index (κ3) is 3.96. The molecule has 1 aromatic carbocycles. The van der Waals surface area contributed by atoms with Crippen molar-refractivity contribution in [2.45, 2.75) is 57.7 Å². The largest absolute Gasteiger partial charge is 0.452 e. The first-order valence-electron chi connectivity index (χ1n) is 11.5. The Balaban J connectivity index is 1.65. The maximum atomic E-state index is 12.5. The molecule has 4 heterocycles. The van der Waals surface area contributed by atoms with Crippen LogP contribution in [0.15, 0.2) is 24.5 Å². The van der Waals surface area contributed by atoms with E-state index in [1.54, 1.807) is 22.0 Å². The third-order valence-corrected chi connectivity index (χ3v) is 8.88. The van der Waals surface area contributed by atoms with Crippen LogP contribution in [0, 0.1) is 0 Å². The zero-order valence-electron chi connectivity index (χ0n) is 19.4. The molecule has 2 aliphatic rings. The highest BCUT2D eigenvalue weighted by Gasteiger charge is 2.35. The summed E-state index contributed by atoms with van der Waals surface area (Å²) in [6.45, 7) is 4.63. The van der Waals surface area contributed by atoms with Crippen molar-refractivity contribution < 1.29 is 17.9 Å². The lowest BCUT2D eigenvalue weighted by Gasteiger charge is -2.34. The summed E-state index contributed by atoms with van der Waals surface area (Å²) >= 11 is 6.05. The molecule has 2 aliphatic heterocycles. The van der Waals surface area contributed by atoms with E-state index in [0.717, 1.165) is 41.0 Å². The molecule has 5 rings (SSSR count). The number of rotatable bonds is 4. The molecule has 0 saturated carbocycles. The zero-order valence-corrected chi connectivity index (χ0v) is 21.0. The minimum atomic E-state index is -3.09. The van der Waals surface area contributed by atoms with Gasteiger partial charge in [-0.25, -0.2) is 18.2 Å². The number of carbonyl (C=O) groups excluding carboxylic acids is 1. The van der Waals surface area contributed by atoms with E-state index in [1.165, 1.54) is 7.11 Å². The molecule has 1 amide bonds. The molecular weight excluding hydrogens is 478 g/mol. The highest BCUT2D eigenvalue weighted by Crippen LogP contribution is 2.40. The van der Waals surface area contributed by atoms with Gasteiger partial charge in [-0.05, 0) is 38.3 Å². The summed E-state index contributed by atoms with van der Waals surface area (Å²) < 4.78 is 33.6. The maximum absolute atomic E-state index is 12.5. The van der Waals surface area contributed by atoms with Crippen molar-refractivity contribution in [3.8, 4) is 0 Å². The number of carbonyl (C=O) groups is 1. The second-order valence-electron chi connectivity index (χ2n) is 9.34. The third-order valence-electron chi connectivity index (χ3n) is 6.93. The Morgan fingerprint density at radius 2 is 2.12 bits per heavy atom. The van der Waals surface area contributed by atoms with Crippen LogP contribution in [0.25, 0.3) is 11.0 Å². The number of aromatic nitrogens is 4. The predicted molar refractivity (Wildman–Crippen MR) is 130 cm³/mol. The summed E-state index contributed by atoms with van der Waals surface area (Å²) in [5.74, 6) is 1.06. The van der Waals surface area contributed by atoms with Crippen molar-refractivity contribution in [3.63, 3.8) is 0 Å². The smallest absolute Gasteiger partial charge is 0.414 e. The average molecular weight is 506 g/mol. The highest BCUT2D eigenvalue weighted by atomic mass is 35.5. The lowest BCUT2D eigenvalue weighted by Crippen LogP contribution is -2.42. The Labute approximate surface area is 203 Å². The number of halogens is 1. The van der Waals surface area contributed by atoms with Gasteiger partial charge in [0, 0.05) is 23.7 Å². The molecule has 0 spiro atoms. The fraction of sp³-hybridized carbons (Fsp3) is 0.522. The first kappa shape index (κ1) is 23.2. The van der Waals surface area contributed by atoms with Gasteiger partial charge in [0.05, 0.1) is 59.1 Å². The summed E-state index contributed by atoms with van der Waals surface area (Å²) in [5, 5.41) is 4.86. The van der Waals surface area contributed by atoms with Crippen LogP contribution in [0.5, 0.6) is 0 Å². The van der Waals surface area contributed by atoms with Crippen LogP contribution in [0.3, 0.4) is 0 Å². The molecule has 2 aromatic heterocycles. The van der Waals surface area contributed by atoms with Crippen LogP contribution in [0.2, 0.25) is 5.02 Å². The zero-order chi connectivity index (χ0) is 24.2. The number of hydrogen-bond acceptors (Lipinski definition) is 6. The molecule has 0 bridgehead atoms. The number of anilines is 1. The van der Waals surface area contributed by atoms with E-state index in [-0.39, 0.29) is 29.5 Å². The number of nitrogens with zero attached hydrogens (tertiary/aromatic N) is 5. The second-order valence-corrected chi connectivity index (χ2v) is 12.0. The van der Waals surface area contributed by atoms with Gasteiger partial charge in [0.2, 0.25) is 0 Å². The van der Waals surface area contributed by atoms with E-state index in [4.69, 9.17) is 21.3 Å². The van der Waals surface area contributed by atoms with Crippen molar-refractivity contribution in [1.82, 2.24) is 19.3 Å². The Bertz CT molecular complexity index is 1370. The molecule has 3 aromatic rings. The van der Waals surface area contributed by atoms with E-state index >= 15 is 0 Å². The summed E-state index contributed by atoms with van der Waals surface area (Å²) in [5.41, 5.74) is 3.53. The quantitative estimate of drug-likeness (QED) is 0.532. The Morgan fingerprint density at radius 3 is 2.76 bits per heavy atom. The van der Waals surface area contributed by atoms with Crippen molar-refractivity contribution in [2.75, 3.05) is 23.5 Å². The van der Waals surface area contributed by atoms with E-state index in [0.29, 0.717) is 18.0 Å². The summed E-state index contributed by atoms with van der Waals surface area (Å²) in [7, 11) is -1.70. The van der Waals surface area contributed by atoms with Gasteiger partial charge in [-0.15, -0.1) is 0 Å². The van der Waals surface area contributed by atoms with Crippen LogP contribution in [0.1, 0.15) is 50.0 Å². The number of methoxy groups -OCH3 is 1. The normalized spacial score (nSPS) is 22.6. The topological polar surface area (TPSA) is 99.3 Å². The second kappa shape index (κ2) is 8.57. The van der Waals surface area contributed by atoms with Gasteiger partial charge < -0.3 is 9.30 Å². The van der Waals surface area contributed by atoms with Crippen molar-refractivity contribution in [3.05, 3.63) is 40.9 Å². The summed E-state index contributed by atoms with van der Waals surface area (Å²) in [6, 6.07) is 3.74.